The van der Waals surface area contributed by atoms with Gasteiger partial charge in [0.1, 0.15) is 5.15 Å². The van der Waals surface area contributed by atoms with Crippen LogP contribution in [0.3, 0.4) is 0 Å². The molecule has 1 aromatic carbocycles. The third-order valence-electron chi connectivity index (χ3n) is 3.92. The van der Waals surface area contributed by atoms with Crippen molar-refractivity contribution in [1.82, 2.24) is 25.8 Å². The first kappa shape index (κ1) is 23.4. The second-order valence-corrected chi connectivity index (χ2v) is 6.76. The Hall–Kier alpha value is -1.91. The number of benzene rings is 1. The Morgan fingerprint density at radius 2 is 1.76 bits per heavy atom. The molecule has 10 heteroatoms. The number of hydrogen-bond acceptors (Lipinski definition) is 5. The molecule has 0 unspecified atom stereocenters. The number of pyridine rings is 1. The van der Waals surface area contributed by atoms with Crippen LogP contribution in [0.2, 0.25) is 10.2 Å². The highest BCUT2D eigenvalue weighted by molar-refractivity contribution is 14.0. The molecule has 0 aliphatic carbocycles. The summed E-state index contributed by atoms with van der Waals surface area (Å²) in [6, 6.07) is 11.1. The van der Waals surface area contributed by atoms with Crippen LogP contribution in [0.5, 0.6) is 0 Å². The van der Waals surface area contributed by atoms with Gasteiger partial charge >= 0.3 is 0 Å². The maximum absolute atomic E-state index is 5.90. The molecule has 0 aliphatic heterocycles. The predicted molar refractivity (Wildman–Crippen MR) is 126 cm³/mol. The van der Waals surface area contributed by atoms with E-state index >= 15 is 0 Å². The van der Waals surface area contributed by atoms with E-state index in [-0.39, 0.29) is 24.0 Å². The minimum atomic E-state index is 0. The monoisotopic (exact) mass is 546 g/mol. The normalized spacial score (nSPS) is 11.1. The standard InChI is InChI=1S/C19H20Cl2N6O.HI/c1-22-19(23-10-8-13-2-7-16(21)25-12-13)24-11-9-17-26-18(27-28-17)14-3-5-15(20)6-4-14;/h2-7,12H,8-11H2,1H3,(H2,22,23,24);1H. The molecule has 0 spiro atoms. The summed E-state index contributed by atoms with van der Waals surface area (Å²) in [6.07, 6.45) is 3.18. The molecule has 0 aliphatic rings. The van der Waals surface area contributed by atoms with Crippen molar-refractivity contribution in [2.24, 2.45) is 4.99 Å². The van der Waals surface area contributed by atoms with E-state index in [2.05, 4.69) is 30.8 Å². The maximum Gasteiger partial charge on any atom is 0.228 e. The Morgan fingerprint density at radius 1 is 1.03 bits per heavy atom. The molecule has 2 aromatic heterocycles. The molecule has 3 rings (SSSR count). The van der Waals surface area contributed by atoms with Gasteiger partial charge in [-0.15, -0.1) is 24.0 Å². The minimum absolute atomic E-state index is 0. The van der Waals surface area contributed by atoms with Gasteiger partial charge in [0, 0.05) is 43.3 Å². The van der Waals surface area contributed by atoms with E-state index in [1.165, 1.54) is 0 Å². The van der Waals surface area contributed by atoms with E-state index in [0.29, 0.717) is 40.8 Å². The molecule has 154 valence electrons. The average molecular weight is 547 g/mol. The molecule has 0 bridgehead atoms. The smallest absolute Gasteiger partial charge is 0.228 e. The number of aromatic nitrogens is 3. The number of rotatable bonds is 7. The van der Waals surface area contributed by atoms with Gasteiger partial charge in [-0.05, 0) is 42.3 Å². The predicted octanol–water partition coefficient (Wildman–Crippen LogP) is 4.01. The van der Waals surface area contributed by atoms with Crippen LogP contribution >= 0.6 is 47.2 Å². The van der Waals surface area contributed by atoms with E-state index in [9.17, 15) is 0 Å². The van der Waals surface area contributed by atoms with Crippen LogP contribution in [-0.4, -0.2) is 41.2 Å². The summed E-state index contributed by atoms with van der Waals surface area (Å²) in [4.78, 5) is 12.7. The van der Waals surface area contributed by atoms with Crippen LogP contribution in [0, 0.1) is 0 Å². The molecule has 0 saturated carbocycles. The zero-order valence-corrected chi connectivity index (χ0v) is 19.6. The molecule has 3 aromatic rings. The Bertz CT molecular complexity index is 915. The quantitative estimate of drug-likeness (QED) is 0.201. The van der Waals surface area contributed by atoms with Crippen LogP contribution in [0.1, 0.15) is 11.5 Å². The summed E-state index contributed by atoms with van der Waals surface area (Å²) in [5.74, 6) is 1.81. The van der Waals surface area contributed by atoms with Crippen LogP contribution in [-0.2, 0) is 12.8 Å². The Kier molecular flexibility index (Phi) is 9.62. The second kappa shape index (κ2) is 11.9. The summed E-state index contributed by atoms with van der Waals surface area (Å²) < 4.78 is 5.30. The van der Waals surface area contributed by atoms with Crippen molar-refractivity contribution < 1.29 is 4.52 Å². The fourth-order valence-corrected chi connectivity index (χ4v) is 2.70. The maximum atomic E-state index is 5.90. The Labute approximate surface area is 196 Å². The fourth-order valence-electron chi connectivity index (χ4n) is 2.46. The first-order valence-corrected chi connectivity index (χ1v) is 9.53. The van der Waals surface area contributed by atoms with Crippen LogP contribution < -0.4 is 10.6 Å². The third-order valence-corrected chi connectivity index (χ3v) is 4.40. The van der Waals surface area contributed by atoms with Gasteiger partial charge in [0.15, 0.2) is 5.96 Å². The molecule has 0 atom stereocenters. The number of halogens is 3. The Morgan fingerprint density at radius 3 is 2.41 bits per heavy atom. The third kappa shape index (κ3) is 7.45. The van der Waals surface area contributed by atoms with Gasteiger partial charge in [0.2, 0.25) is 11.7 Å². The SMILES string of the molecule is CN=C(NCCc1ccc(Cl)nc1)NCCc1nc(-c2ccc(Cl)cc2)no1.I. The molecule has 29 heavy (non-hydrogen) atoms. The molecule has 2 heterocycles. The average Bonchev–Trinajstić information content (AvgIpc) is 3.17. The van der Waals surface area contributed by atoms with Gasteiger partial charge in [-0.1, -0.05) is 34.4 Å². The summed E-state index contributed by atoms with van der Waals surface area (Å²) in [6.45, 7) is 1.34. The van der Waals surface area contributed by atoms with Crippen LogP contribution in [0.4, 0.5) is 0 Å². The van der Waals surface area contributed by atoms with Crippen molar-refractivity contribution in [1.29, 1.82) is 0 Å². The van der Waals surface area contributed by atoms with Gasteiger partial charge in [-0.25, -0.2) is 4.98 Å². The number of hydrogen-bond donors (Lipinski definition) is 2. The van der Waals surface area contributed by atoms with E-state index < -0.39 is 0 Å². The van der Waals surface area contributed by atoms with Crippen molar-refractivity contribution in [3.05, 3.63) is 64.2 Å². The van der Waals surface area contributed by atoms with E-state index in [1.807, 2.05) is 18.2 Å². The fraction of sp³-hybridized carbons (Fsp3) is 0.263. The van der Waals surface area contributed by atoms with Crippen molar-refractivity contribution in [2.75, 3.05) is 20.1 Å². The van der Waals surface area contributed by atoms with E-state index in [1.54, 1.807) is 31.4 Å². The second-order valence-electron chi connectivity index (χ2n) is 5.93. The number of aliphatic imine (C=N–C) groups is 1. The number of nitrogens with zero attached hydrogens (tertiary/aromatic N) is 4. The van der Waals surface area contributed by atoms with Gasteiger partial charge in [0.25, 0.3) is 0 Å². The van der Waals surface area contributed by atoms with Crippen molar-refractivity contribution >= 4 is 53.1 Å². The zero-order chi connectivity index (χ0) is 19.8. The summed E-state index contributed by atoms with van der Waals surface area (Å²) in [5, 5.41) is 11.7. The lowest BCUT2D eigenvalue weighted by atomic mass is 10.2. The molecule has 0 radical (unpaired) electrons. The Balaban J connectivity index is 0.00000300. The lowest BCUT2D eigenvalue weighted by molar-refractivity contribution is 0.378. The topological polar surface area (TPSA) is 88.2 Å². The lowest BCUT2D eigenvalue weighted by Gasteiger charge is -2.11. The van der Waals surface area contributed by atoms with Crippen LogP contribution in [0.25, 0.3) is 11.4 Å². The zero-order valence-electron chi connectivity index (χ0n) is 15.7. The first-order chi connectivity index (χ1) is 13.6. The molecule has 0 saturated heterocycles. The van der Waals surface area contributed by atoms with Crippen molar-refractivity contribution in [2.45, 2.75) is 12.8 Å². The molecular formula is C19H21Cl2IN6O. The van der Waals surface area contributed by atoms with E-state index in [4.69, 9.17) is 27.7 Å². The van der Waals surface area contributed by atoms with Gasteiger partial charge in [0.05, 0.1) is 0 Å². The summed E-state index contributed by atoms with van der Waals surface area (Å²) >= 11 is 11.7. The highest BCUT2D eigenvalue weighted by Crippen LogP contribution is 2.18. The van der Waals surface area contributed by atoms with Crippen LogP contribution in [0.15, 0.2) is 52.1 Å². The molecule has 7 nitrogen and oxygen atoms in total. The highest BCUT2D eigenvalue weighted by atomic mass is 127. The van der Waals surface area contributed by atoms with Crippen molar-refractivity contribution in [3.63, 3.8) is 0 Å². The van der Waals surface area contributed by atoms with Crippen molar-refractivity contribution in [3.8, 4) is 11.4 Å². The molecule has 0 amide bonds. The van der Waals surface area contributed by atoms with Gasteiger partial charge in [-0.3, -0.25) is 4.99 Å². The molecule has 2 N–H and O–H groups in total. The molecule has 0 fully saturated rings. The summed E-state index contributed by atoms with van der Waals surface area (Å²) in [5.41, 5.74) is 1.97. The largest absolute Gasteiger partial charge is 0.356 e. The van der Waals surface area contributed by atoms with Gasteiger partial charge < -0.3 is 15.2 Å². The first-order valence-electron chi connectivity index (χ1n) is 8.77. The van der Waals surface area contributed by atoms with E-state index in [0.717, 1.165) is 24.1 Å². The number of nitrogens with one attached hydrogen (secondary N) is 2. The molecular weight excluding hydrogens is 526 g/mol. The minimum Gasteiger partial charge on any atom is -0.356 e. The summed E-state index contributed by atoms with van der Waals surface area (Å²) in [7, 11) is 1.73. The van der Waals surface area contributed by atoms with Gasteiger partial charge in [-0.2, -0.15) is 4.98 Å². The lowest BCUT2D eigenvalue weighted by Crippen LogP contribution is -2.39. The number of guanidine groups is 1. The highest BCUT2D eigenvalue weighted by Gasteiger charge is 2.08.